The fourth-order valence-electron chi connectivity index (χ4n) is 3.36. The van der Waals surface area contributed by atoms with Crippen molar-refractivity contribution in [3.05, 3.63) is 29.8 Å². The van der Waals surface area contributed by atoms with Crippen molar-refractivity contribution in [3.8, 4) is 0 Å². The third kappa shape index (κ3) is 1.95. The highest BCUT2D eigenvalue weighted by atomic mass is 15.2. The summed E-state index contributed by atoms with van der Waals surface area (Å²) in [6.45, 7) is 3.48. The zero-order valence-corrected chi connectivity index (χ0v) is 10.8. The average Bonchev–Trinajstić information content (AvgIpc) is 3.00. The fraction of sp³-hybridized carbons (Fsp3) is 0.600. The van der Waals surface area contributed by atoms with Gasteiger partial charge in [0, 0.05) is 24.3 Å². The molecule has 1 aliphatic carbocycles. The summed E-state index contributed by atoms with van der Waals surface area (Å²) in [5.74, 6) is 0.968. The number of benzene rings is 1. The molecular formula is C15H22N2. The Morgan fingerprint density at radius 3 is 2.53 bits per heavy atom. The van der Waals surface area contributed by atoms with Crippen LogP contribution in [0.25, 0.3) is 0 Å². The van der Waals surface area contributed by atoms with Crippen LogP contribution in [-0.2, 0) is 0 Å². The number of fused-ring (bicyclic) bond motifs is 2. The molecule has 1 aromatic carbocycles. The molecule has 3 rings (SSSR count). The summed E-state index contributed by atoms with van der Waals surface area (Å²) >= 11 is 0. The van der Waals surface area contributed by atoms with Gasteiger partial charge in [-0.1, -0.05) is 12.1 Å². The quantitative estimate of drug-likeness (QED) is 0.859. The van der Waals surface area contributed by atoms with Crippen LogP contribution in [0.3, 0.4) is 0 Å². The summed E-state index contributed by atoms with van der Waals surface area (Å²) in [6, 6.07) is 10.4. The Balaban J connectivity index is 1.76. The largest absolute Gasteiger partial charge is 0.368 e. The minimum absolute atomic E-state index is 0.444. The molecule has 1 saturated carbocycles. The molecule has 17 heavy (non-hydrogen) atoms. The maximum atomic E-state index is 3.28. The van der Waals surface area contributed by atoms with Gasteiger partial charge in [0.2, 0.25) is 0 Å². The molecule has 1 aromatic rings. The van der Waals surface area contributed by atoms with E-state index in [1.54, 1.807) is 0 Å². The van der Waals surface area contributed by atoms with Crippen molar-refractivity contribution < 1.29 is 0 Å². The molecule has 1 saturated heterocycles. The lowest BCUT2D eigenvalue weighted by Crippen LogP contribution is -2.31. The Labute approximate surface area is 104 Å². The summed E-state index contributed by atoms with van der Waals surface area (Å²) in [5, 5.41) is 3.28. The first-order valence-electron chi connectivity index (χ1n) is 6.82. The normalized spacial score (nSPS) is 28.7. The third-order valence-corrected chi connectivity index (χ3v) is 4.57. The molecule has 3 unspecified atom stereocenters. The highest BCUT2D eigenvalue weighted by Crippen LogP contribution is 2.40. The lowest BCUT2D eigenvalue weighted by Gasteiger charge is -2.29. The van der Waals surface area contributed by atoms with E-state index >= 15 is 0 Å². The summed E-state index contributed by atoms with van der Waals surface area (Å²) in [7, 11) is 2.01. The molecule has 1 aliphatic heterocycles. The third-order valence-electron chi connectivity index (χ3n) is 4.57. The first-order valence-corrected chi connectivity index (χ1v) is 6.82. The van der Waals surface area contributed by atoms with Gasteiger partial charge in [-0.05, 0) is 56.8 Å². The number of anilines is 1. The van der Waals surface area contributed by atoms with Crippen molar-refractivity contribution in [1.82, 2.24) is 5.32 Å². The van der Waals surface area contributed by atoms with E-state index in [1.807, 2.05) is 7.05 Å². The second-order valence-electron chi connectivity index (χ2n) is 5.59. The van der Waals surface area contributed by atoms with Gasteiger partial charge in [-0.3, -0.25) is 0 Å². The number of hydrogen-bond donors (Lipinski definition) is 1. The maximum absolute atomic E-state index is 3.28. The van der Waals surface area contributed by atoms with Crippen molar-refractivity contribution in [2.24, 2.45) is 5.92 Å². The Kier molecular flexibility index (Phi) is 2.83. The van der Waals surface area contributed by atoms with Gasteiger partial charge in [0.15, 0.2) is 0 Å². The molecule has 2 fully saturated rings. The van der Waals surface area contributed by atoms with Gasteiger partial charge in [-0.2, -0.15) is 0 Å². The summed E-state index contributed by atoms with van der Waals surface area (Å²) < 4.78 is 0. The van der Waals surface area contributed by atoms with Gasteiger partial charge in [0.05, 0.1) is 0 Å². The Morgan fingerprint density at radius 1 is 1.24 bits per heavy atom. The fourth-order valence-corrected chi connectivity index (χ4v) is 3.36. The topological polar surface area (TPSA) is 15.3 Å². The standard InChI is InChI=1S/C15H22N2/c1-11(16-2)13-4-7-14(8-5-13)17-10-12-3-6-15(17)9-12/h4-5,7-8,11-12,15-16H,3,6,9-10H2,1-2H3. The summed E-state index contributed by atoms with van der Waals surface area (Å²) in [6.07, 6.45) is 4.28. The Morgan fingerprint density at radius 2 is 2.00 bits per heavy atom. The minimum atomic E-state index is 0.444. The van der Waals surface area contributed by atoms with Crippen LogP contribution >= 0.6 is 0 Å². The van der Waals surface area contributed by atoms with Crippen LogP contribution in [0.1, 0.15) is 37.8 Å². The minimum Gasteiger partial charge on any atom is -0.368 e. The molecule has 0 amide bonds. The first-order chi connectivity index (χ1) is 8.28. The first kappa shape index (κ1) is 11.1. The van der Waals surface area contributed by atoms with Crippen LogP contribution in [0.15, 0.2) is 24.3 Å². The highest BCUT2D eigenvalue weighted by Gasteiger charge is 2.37. The van der Waals surface area contributed by atoms with Crippen molar-refractivity contribution in [2.75, 3.05) is 18.5 Å². The van der Waals surface area contributed by atoms with Crippen LogP contribution in [0.5, 0.6) is 0 Å². The van der Waals surface area contributed by atoms with E-state index in [1.165, 1.54) is 37.1 Å². The predicted molar refractivity (Wildman–Crippen MR) is 72.4 cm³/mol. The lowest BCUT2D eigenvalue weighted by atomic mass is 10.1. The molecule has 92 valence electrons. The van der Waals surface area contributed by atoms with Crippen molar-refractivity contribution in [1.29, 1.82) is 0 Å². The second kappa shape index (κ2) is 4.34. The van der Waals surface area contributed by atoms with Crippen molar-refractivity contribution >= 4 is 5.69 Å². The predicted octanol–water partition coefficient (Wildman–Crippen LogP) is 2.96. The zero-order chi connectivity index (χ0) is 11.8. The Bertz CT molecular complexity index is 384. The molecule has 2 heteroatoms. The molecule has 0 spiro atoms. The summed E-state index contributed by atoms with van der Waals surface area (Å²) in [4.78, 5) is 2.61. The van der Waals surface area contributed by atoms with Crippen LogP contribution in [0.2, 0.25) is 0 Å². The van der Waals surface area contributed by atoms with Gasteiger partial charge in [-0.25, -0.2) is 0 Å². The van der Waals surface area contributed by atoms with E-state index in [4.69, 9.17) is 0 Å². The number of nitrogens with zero attached hydrogens (tertiary/aromatic N) is 1. The van der Waals surface area contributed by atoms with Gasteiger partial charge in [0.1, 0.15) is 0 Å². The molecule has 3 atom stereocenters. The molecule has 1 heterocycles. The number of hydrogen-bond acceptors (Lipinski definition) is 2. The smallest absolute Gasteiger partial charge is 0.0369 e. The molecule has 1 N–H and O–H groups in total. The van der Waals surface area contributed by atoms with E-state index in [-0.39, 0.29) is 0 Å². The van der Waals surface area contributed by atoms with Gasteiger partial charge in [0.25, 0.3) is 0 Å². The molecule has 2 nitrogen and oxygen atoms in total. The van der Waals surface area contributed by atoms with E-state index in [9.17, 15) is 0 Å². The number of piperidine rings is 1. The monoisotopic (exact) mass is 230 g/mol. The summed E-state index contributed by atoms with van der Waals surface area (Å²) in [5.41, 5.74) is 2.80. The van der Waals surface area contributed by atoms with E-state index in [0.717, 1.165) is 12.0 Å². The maximum Gasteiger partial charge on any atom is 0.0369 e. The van der Waals surface area contributed by atoms with Crippen LogP contribution in [0, 0.1) is 5.92 Å². The molecule has 2 aliphatic rings. The van der Waals surface area contributed by atoms with E-state index in [2.05, 4.69) is 41.4 Å². The SMILES string of the molecule is CNC(C)c1ccc(N2CC3CCC2C3)cc1. The van der Waals surface area contributed by atoms with Gasteiger partial charge < -0.3 is 10.2 Å². The second-order valence-corrected chi connectivity index (χ2v) is 5.59. The molecule has 0 aromatic heterocycles. The van der Waals surface area contributed by atoms with E-state index in [0.29, 0.717) is 6.04 Å². The van der Waals surface area contributed by atoms with Crippen molar-refractivity contribution in [2.45, 2.75) is 38.3 Å². The highest BCUT2D eigenvalue weighted by molar-refractivity contribution is 5.50. The molecule has 0 radical (unpaired) electrons. The number of nitrogens with one attached hydrogen (secondary N) is 1. The molecular weight excluding hydrogens is 208 g/mol. The Hall–Kier alpha value is -1.02. The van der Waals surface area contributed by atoms with Crippen LogP contribution < -0.4 is 10.2 Å². The van der Waals surface area contributed by atoms with Crippen LogP contribution in [0.4, 0.5) is 5.69 Å². The van der Waals surface area contributed by atoms with E-state index < -0.39 is 0 Å². The zero-order valence-electron chi connectivity index (χ0n) is 10.8. The number of rotatable bonds is 3. The molecule has 2 bridgehead atoms. The lowest BCUT2D eigenvalue weighted by molar-refractivity contribution is 0.553. The van der Waals surface area contributed by atoms with Crippen molar-refractivity contribution in [3.63, 3.8) is 0 Å². The average molecular weight is 230 g/mol. The van der Waals surface area contributed by atoms with Gasteiger partial charge >= 0.3 is 0 Å². The van der Waals surface area contributed by atoms with Crippen LogP contribution in [-0.4, -0.2) is 19.6 Å². The van der Waals surface area contributed by atoms with Gasteiger partial charge in [-0.15, -0.1) is 0 Å².